The van der Waals surface area contributed by atoms with E-state index in [1.807, 2.05) is 41.5 Å². The Labute approximate surface area is 146 Å². The van der Waals surface area contributed by atoms with Gasteiger partial charge in [-0.15, -0.1) is 11.3 Å². The van der Waals surface area contributed by atoms with Crippen LogP contribution in [0.5, 0.6) is 11.5 Å². The molecule has 0 bridgehead atoms. The molecule has 128 valence electrons. The monoisotopic (exact) mass is 346 g/mol. The number of hydrogen-bond donors (Lipinski definition) is 1. The van der Waals surface area contributed by atoms with Crippen LogP contribution in [0.25, 0.3) is 0 Å². The Kier molecular flexibility index (Phi) is 4.94. The number of nitrogens with zero attached hydrogens (tertiary/aromatic N) is 1. The first-order chi connectivity index (χ1) is 11.6. The van der Waals surface area contributed by atoms with E-state index in [1.165, 1.54) is 5.56 Å². The molecular formula is C18H22N2O3S. The molecule has 24 heavy (non-hydrogen) atoms. The minimum absolute atomic E-state index is 0.0179. The first kappa shape index (κ1) is 16.6. The fraction of sp³-hybridized carbons (Fsp3) is 0.389. The zero-order valence-electron chi connectivity index (χ0n) is 14.2. The van der Waals surface area contributed by atoms with Gasteiger partial charge in [0, 0.05) is 18.0 Å². The first-order valence-corrected chi connectivity index (χ1v) is 8.83. The van der Waals surface area contributed by atoms with E-state index in [9.17, 15) is 4.79 Å². The van der Waals surface area contributed by atoms with Gasteiger partial charge in [-0.05, 0) is 48.1 Å². The van der Waals surface area contributed by atoms with Crippen LogP contribution >= 0.6 is 11.3 Å². The Morgan fingerprint density at radius 3 is 2.58 bits per heavy atom. The standard InChI is InChI=1S/C18H22N2O3S/c1-12(17-5-4-8-24-17)19-18(21)20-7-6-13-9-15(22-2)16(23-3)10-14(13)11-20/h4-5,8-10,12H,6-7,11H2,1-3H3,(H,19,21). The summed E-state index contributed by atoms with van der Waals surface area (Å²) >= 11 is 1.65. The van der Waals surface area contributed by atoms with Crippen molar-refractivity contribution in [1.82, 2.24) is 10.2 Å². The number of hydrogen-bond acceptors (Lipinski definition) is 4. The van der Waals surface area contributed by atoms with Gasteiger partial charge in [0.15, 0.2) is 11.5 Å². The quantitative estimate of drug-likeness (QED) is 0.920. The number of nitrogens with one attached hydrogen (secondary N) is 1. The highest BCUT2D eigenvalue weighted by molar-refractivity contribution is 7.10. The number of thiophene rings is 1. The SMILES string of the molecule is COc1cc2c(cc1OC)CN(C(=O)NC(C)c1cccs1)CC2. The topological polar surface area (TPSA) is 50.8 Å². The molecule has 0 fully saturated rings. The van der Waals surface area contributed by atoms with E-state index < -0.39 is 0 Å². The van der Waals surface area contributed by atoms with E-state index in [2.05, 4.69) is 5.32 Å². The molecule has 1 N–H and O–H groups in total. The fourth-order valence-corrected chi connectivity index (χ4v) is 3.68. The minimum Gasteiger partial charge on any atom is -0.493 e. The molecule has 0 saturated carbocycles. The summed E-state index contributed by atoms with van der Waals surface area (Å²) in [5.74, 6) is 1.44. The number of benzene rings is 1. The maximum Gasteiger partial charge on any atom is 0.318 e. The van der Waals surface area contributed by atoms with Crippen LogP contribution < -0.4 is 14.8 Å². The summed E-state index contributed by atoms with van der Waals surface area (Å²) in [5.41, 5.74) is 2.32. The van der Waals surface area contributed by atoms with Gasteiger partial charge in [-0.1, -0.05) is 6.07 Å². The van der Waals surface area contributed by atoms with Crippen molar-refractivity contribution in [2.24, 2.45) is 0 Å². The summed E-state index contributed by atoms with van der Waals surface area (Å²) in [7, 11) is 3.26. The maximum atomic E-state index is 12.6. The predicted molar refractivity (Wildman–Crippen MR) is 94.9 cm³/mol. The zero-order chi connectivity index (χ0) is 17.1. The van der Waals surface area contributed by atoms with E-state index >= 15 is 0 Å². The molecule has 0 spiro atoms. The molecule has 1 aromatic carbocycles. The fourth-order valence-electron chi connectivity index (χ4n) is 2.94. The number of carbonyl (C=O) groups is 1. The van der Waals surface area contributed by atoms with Gasteiger partial charge >= 0.3 is 6.03 Å². The van der Waals surface area contributed by atoms with Crippen molar-refractivity contribution in [1.29, 1.82) is 0 Å². The average Bonchev–Trinajstić information content (AvgIpc) is 3.14. The van der Waals surface area contributed by atoms with E-state index in [4.69, 9.17) is 9.47 Å². The van der Waals surface area contributed by atoms with Crippen LogP contribution in [0.2, 0.25) is 0 Å². The molecule has 1 aliphatic heterocycles. The Hall–Kier alpha value is -2.21. The second-order valence-electron chi connectivity index (χ2n) is 5.83. The molecule has 1 aromatic heterocycles. The molecule has 1 unspecified atom stereocenters. The molecule has 0 aliphatic carbocycles. The molecule has 2 aromatic rings. The third-order valence-electron chi connectivity index (χ3n) is 4.32. The van der Waals surface area contributed by atoms with Crippen molar-refractivity contribution in [2.45, 2.75) is 25.9 Å². The van der Waals surface area contributed by atoms with Crippen molar-refractivity contribution >= 4 is 17.4 Å². The third kappa shape index (κ3) is 3.33. The van der Waals surface area contributed by atoms with E-state index in [0.717, 1.165) is 22.6 Å². The smallest absolute Gasteiger partial charge is 0.318 e. The molecular weight excluding hydrogens is 324 g/mol. The Morgan fingerprint density at radius 1 is 1.25 bits per heavy atom. The van der Waals surface area contributed by atoms with Gasteiger partial charge in [0.2, 0.25) is 0 Å². The molecule has 0 radical (unpaired) electrons. The highest BCUT2D eigenvalue weighted by Gasteiger charge is 2.24. The summed E-state index contributed by atoms with van der Waals surface area (Å²) in [6.07, 6.45) is 0.816. The molecule has 1 atom stereocenters. The normalized spacial score (nSPS) is 14.7. The zero-order valence-corrected chi connectivity index (χ0v) is 15.0. The number of amides is 2. The summed E-state index contributed by atoms with van der Waals surface area (Å²) in [6.45, 7) is 3.29. The molecule has 3 rings (SSSR count). The van der Waals surface area contributed by atoms with Gasteiger partial charge in [0.05, 0.1) is 20.3 Å². The van der Waals surface area contributed by atoms with E-state index in [0.29, 0.717) is 18.8 Å². The van der Waals surface area contributed by atoms with Crippen LogP contribution in [0, 0.1) is 0 Å². The number of fused-ring (bicyclic) bond motifs is 1. The van der Waals surface area contributed by atoms with Crippen LogP contribution in [-0.2, 0) is 13.0 Å². The lowest BCUT2D eigenvalue weighted by molar-refractivity contribution is 0.189. The van der Waals surface area contributed by atoms with Crippen molar-refractivity contribution < 1.29 is 14.3 Å². The van der Waals surface area contributed by atoms with Gasteiger partial charge in [-0.25, -0.2) is 4.79 Å². The summed E-state index contributed by atoms with van der Waals surface area (Å²) in [5, 5.41) is 5.10. The number of urea groups is 1. The lowest BCUT2D eigenvalue weighted by Gasteiger charge is -2.30. The first-order valence-electron chi connectivity index (χ1n) is 7.95. The highest BCUT2D eigenvalue weighted by Crippen LogP contribution is 2.33. The molecule has 5 nitrogen and oxygen atoms in total. The largest absolute Gasteiger partial charge is 0.493 e. The van der Waals surface area contributed by atoms with E-state index in [1.54, 1.807) is 25.6 Å². The summed E-state index contributed by atoms with van der Waals surface area (Å²) in [4.78, 5) is 15.6. The van der Waals surface area contributed by atoms with Crippen LogP contribution in [0.1, 0.15) is 29.0 Å². The number of methoxy groups -OCH3 is 2. The van der Waals surface area contributed by atoms with Crippen molar-refractivity contribution in [3.63, 3.8) is 0 Å². The second kappa shape index (κ2) is 7.13. The summed E-state index contributed by atoms with van der Waals surface area (Å²) < 4.78 is 10.7. The average molecular weight is 346 g/mol. The lowest BCUT2D eigenvalue weighted by Crippen LogP contribution is -2.43. The molecule has 2 amide bonds. The summed E-state index contributed by atoms with van der Waals surface area (Å²) in [6, 6.07) is 8.01. The number of carbonyl (C=O) groups excluding carboxylic acids is 1. The van der Waals surface area contributed by atoms with Gasteiger partial charge < -0.3 is 19.7 Å². The van der Waals surface area contributed by atoms with Gasteiger partial charge in [0.25, 0.3) is 0 Å². The third-order valence-corrected chi connectivity index (χ3v) is 5.37. The van der Waals surface area contributed by atoms with Gasteiger partial charge in [0.1, 0.15) is 0 Å². The number of ether oxygens (including phenoxy) is 2. The van der Waals surface area contributed by atoms with Gasteiger partial charge in [-0.3, -0.25) is 0 Å². The minimum atomic E-state index is -0.0312. The van der Waals surface area contributed by atoms with E-state index in [-0.39, 0.29) is 12.1 Å². The van der Waals surface area contributed by atoms with Crippen molar-refractivity contribution in [3.05, 3.63) is 45.6 Å². The predicted octanol–water partition coefficient (Wildman–Crippen LogP) is 3.59. The van der Waals surface area contributed by atoms with Crippen LogP contribution in [-0.4, -0.2) is 31.7 Å². The molecule has 0 saturated heterocycles. The Morgan fingerprint density at radius 2 is 1.96 bits per heavy atom. The maximum absolute atomic E-state index is 12.6. The van der Waals surface area contributed by atoms with Gasteiger partial charge in [-0.2, -0.15) is 0 Å². The van der Waals surface area contributed by atoms with Crippen molar-refractivity contribution in [2.75, 3.05) is 20.8 Å². The van der Waals surface area contributed by atoms with Crippen LogP contribution in [0.3, 0.4) is 0 Å². The molecule has 6 heteroatoms. The lowest BCUT2D eigenvalue weighted by atomic mass is 9.99. The molecule has 1 aliphatic rings. The highest BCUT2D eigenvalue weighted by atomic mass is 32.1. The Bertz CT molecular complexity index is 715. The Balaban J connectivity index is 1.71. The molecule has 2 heterocycles. The second-order valence-corrected chi connectivity index (χ2v) is 6.81. The number of rotatable bonds is 4. The van der Waals surface area contributed by atoms with Crippen LogP contribution in [0.4, 0.5) is 4.79 Å². The van der Waals surface area contributed by atoms with Crippen molar-refractivity contribution in [3.8, 4) is 11.5 Å². The van der Waals surface area contributed by atoms with Crippen LogP contribution in [0.15, 0.2) is 29.6 Å².